The number of aromatic nitrogens is 3. The summed E-state index contributed by atoms with van der Waals surface area (Å²) in [6.45, 7) is 2.06. The van der Waals surface area contributed by atoms with Gasteiger partial charge in [0.15, 0.2) is 0 Å². The maximum atomic E-state index is 10.9. The number of anilines is 1. The van der Waals surface area contributed by atoms with Crippen LogP contribution >= 0.6 is 11.3 Å². The first-order chi connectivity index (χ1) is 8.09. The molecule has 0 aliphatic heterocycles. The smallest absolute Gasteiger partial charge is 0.333 e. The molecule has 8 heteroatoms. The van der Waals surface area contributed by atoms with Gasteiger partial charge in [-0.25, -0.2) is 9.67 Å². The molecule has 0 saturated heterocycles. The van der Waals surface area contributed by atoms with E-state index in [1.54, 1.807) is 19.5 Å². The molecule has 0 unspecified atom stereocenters. The molecule has 0 bridgehead atoms. The van der Waals surface area contributed by atoms with Crippen LogP contribution in [-0.4, -0.2) is 19.7 Å². The second-order valence-electron chi connectivity index (χ2n) is 3.50. The molecule has 0 fully saturated rings. The number of hydrogen-bond donors (Lipinski definition) is 1. The fourth-order valence-electron chi connectivity index (χ4n) is 1.56. The highest BCUT2D eigenvalue weighted by atomic mass is 32.1. The minimum atomic E-state index is -0.425. The first kappa shape index (κ1) is 11.5. The molecule has 2 aromatic rings. The topological polar surface area (TPSA) is 85.9 Å². The number of hydrogen-bond acceptors (Lipinski definition) is 6. The van der Waals surface area contributed by atoms with Crippen LogP contribution in [0, 0.1) is 17.0 Å². The third kappa shape index (κ3) is 2.26. The van der Waals surface area contributed by atoms with Gasteiger partial charge in [-0.05, 0) is 6.92 Å². The largest absolute Gasteiger partial charge is 0.359 e. The number of nitrogens with zero attached hydrogens (tertiary/aromatic N) is 4. The average Bonchev–Trinajstić information content (AvgIpc) is 2.83. The molecule has 2 heterocycles. The van der Waals surface area contributed by atoms with E-state index in [0.29, 0.717) is 18.1 Å². The predicted molar refractivity (Wildman–Crippen MR) is 64.0 cm³/mol. The first-order valence-electron chi connectivity index (χ1n) is 4.88. The zero-order valence-electron chi connectivity index (χ0n) is 9.38. The van der Waals surface area contributed by atoms with Crippen LogP contribution < -0.4 is 5.32 Å². The van der Waals surface area contributed by atoms with E-state index < -0.39 is 4.92 Å². The highest BCUT2D eigenvalue weighted by Gasteiger charge is 2.23. The lowest BCUT2D eigenvalue weighted by Gasteiger charge is -2.03. The number of nitro groups is 1. The molecule has 0 aromatic carbocycles. The van der Waals surface area contributed by atoms with Crippen molar-refractivity contribution in [1.29, 1.82) is 0 Å². The second-order valence-corrected chi connectivity index (χ2v) is 4.22. The summed E-state index contributed by atoms with van der Waals surface area (Å²) in [7, 11) is 1.67. The van der Waals surface area contributed by atoms with Gasteiger partial charge in [0.05, 0.1) is 22.7 Å². The van der Waals surface area contributed by atoms with Crippen LogP contribution in [0.3, 0.4) is 0 Å². The number of thiazole rings is 1. The van der Waals surface area contributed by atoms with Gasteiger partial charge in [-0.2, -0.15) is 5.10 Å². The van der Waals surface area contributed by atoms with E-state index in [-0.39, 0.29) is 5.69 Å². The molecule has 17 heavy (non-hydrogen) atoms. The monoisotopic (exact) mass is 253 g/mol. The summed E-state index contributed by atoms with van der Waals surface area (Å²) in [4.78, 5) is 14.6. The first-order valence-corrected chi connectivity index (χ1v) is 5.82. The van der Waals surface area contributed by atoms with Crippen molar-refractivity contribution >= 4 is 22.8 Å². The summed E-state index contributed by atoms with van der Waals surface area (Å²) >= 11 is 1.49. The third-order valence-electron chi connectivity index (χ3n) is 2.29. The second kappa shape index (κ2) is 4.50. The molecule has 0 aliphatic carbocycles. The van der Waals surface area contributed by atoms with Gasteiger partial charge in [-0.1, -0.05) is 0 Å². The molecule has 0 spiro atoms. The molecule has 0 amide bonds. The van der Waals surface area contributed by atoms with Crippen LogP contribution in [0.2, 0.25) is 0 Å². The zero-order valence-corrected chi connectivity index (χ0v) is 10.2. The molecule has 0 saturated carbocycles. The molecular formula is C9H11N5O2S. The SMILES string of the molecule is Cc1nn(C)c(NCc2cscn2)c1[N+](=O)[O-]. The summed E-state index contributed by atoms with van der Waals surface area (Å²) in [5.41, 5.74) is 2.99. The lowest BCUT2D eigenvalue weighted by molar-refractivity contribution is -0.384. The Morgan fingerprint density at radius 1 is 1.65 bits per heavy atom. The normalized spacial score (nSPS) is 10.5. The van der Waals surface area contributed by atoms with E-state index in [1.165, 1.54) is 16.0 Å². The maximum absolute atomic E-state index is 10.9. The fourth-order valence-corrected chi connectivity index (χ4v) is 2.12. The Labute approximate surface area is 101 Å². The Bertz CT molecular complexity index is 534. The highest BCUT2D eigenvalue weighted by molar-refractivity contribution is 7.07. The standard InChI is InChI=1S/C9H11N5O2S/c1-6-8(14(15)16)9(13(2)12-6)10-3-7-4-17-5-11-7/h4-5,10H,3H2,1-2H3. The summed E-state index contributed by atoms with van der Waals surface area (Å²) in [6, 6.07) is 0. The summed E-state index contributed by atoms with van der Waals surface area (Å²) in [5.74, 6) is 0.403. The molecule has 7 nitrogen and oxygen atoms in total. The molecule has 2 aromatic heterocycles. The van der Waals surface area contributed by atoms with Crippen molar-refractivity contribution in [2.24, 2.45) is 7.05 Å². The third-order valence-corrected chi connectivity index (χ3v) is 2.93. The molecular weight excluding hydrogens is 242 g/mol. The molecule has 1 N–H and O–H groups in total. The van der Waals surface area contributed by atoms with Crippen LogP contribution in [0.25, 0.3) is 0 Å². The molecule has 0 atom stereocenters. The number of nitrogens with one attached hydrogen (secondary N) is 1. The van der Waals surface area contributed by atoms with Crippen molar-refractivity contribution in [3.8, 4) is 0 Å². The van der Waals surface area contributed by atoms with Gasteiger partial charge < -0.3 is 5.32 Å². The molecule has 90 valence electrons. The van der Waals surface area contributed by atoms with E-state index in [9.17, 15) is 10.1 Å². The summed E-state index contributed by atoms with van der Waals surface area (Å²) < 4.78 is 1.47. The van der Waals surface area contributed by atoms with E-state index in [4.69, 9.17) is 0 Å². The minimum Gasteiger partial charge on any atom is -0.359 e. The Hall–Kier alpha value is -1.96. The van der Waals surface area contributed by atoms with E-state index in [1.807, 2.05) is 5.38 Å². The lowest BCUT2D eigenvalue weighted by Crippen LogP contribution is -2.06. The van der Waals surface area contributed by atoms with Gasteiger partial charge >= 0.3 is 5.69 Å². The van der Waals surface area contributed by atoms with Crippen LogP contribution in [0.15, 0.2) is 10.9 Å². The van der Waals surface area contributed by atoms with Gasteiger partial charge in [0, 0.05) is 12.4 Å². The lowest BCUT2D eigenvalue weighted by atomic mass is 10.3. The number of rotatable bonds is 4. The van der Waals surface area contributed by atoms with Crippen molar-refractivity contribution in [2.75, 3.05) is 5.32 Å². The van der Waals surface area contributed by atoms with Gasteiger partial charge in [0.25, 0.3) is 0 Å². The van der Waals surface area contributed by atoms with Gasteiger partial charge in [0.1, 0.15) is 5.69 Å². The molecule has 2 rings (SSSR count). The Balaban J connectivity index is 2.23. The van der Waals surface area contributed by atoms with Gasteiger partial charge in [-0.15, -0.1) is 11.3 Å². The van der Waals surface area contributed by atoms with E-state index in [2.05, 4.69) is 15.4 Å². The van der Waals surface area contributed by atoms with E-state index in [0.717, 1.165) is 5.69 Å². The zero-order chi connectivity index (χ0) is 12.4. The molecule has 0 aliphatic rings. The van der Waals surface area contributed by atoms with Gasteiger partial charge in [0.2, 0.25) is 5.82 Å². The van der Waals surface area contributed by atoms with Crippen molar-refractivity contribution < 1.29 is 4.92 Å². The van der Waals surface area contributed by atoms with Gasteiger partial charge in [-0.3, -0.25) is 10.1 Å². The molecule has 0 radical (unpaired) electrons. The fraction of sp³-hybridized carbons (Fsp3) is 0.333. The van der Waals surface area contributed by atoms with Crippen LogP contribution in [0.5, 0.6) is 0 Å². The average molecular weight is 253 g/mol. The van der Waals surface area contributed by atoms with Crippen LogP contribution in [0.4, 0.5) is 11.5 Å². The van der Waals surface area contributed by atoms with Crippen molar-refractivity contribution in [3.63, 3.8) is 0 Å². The Kier molecular flexibility index (Phi) is 3.05. The summed E-state index contributed by atoms with van der Waals surface area (Å²) in [6.07, 6.45) is 0. The van der Waals surface area contributed by atoms with Crippen molar-refractivity contribution in [2.45, 2.75) is 13.5 Å². The Morgan fingerprint density at radius 2 is 2.41 bits per heavy atom. The Morgan fingerprint density at radius 3 is 3.00 bits per heavy atom. The maximum Gasteiger partial charge on any atom is 0.333 e. The van der Waals surface area contributed by atoms with Crippen LogP contribution in [-0.2, 0) is 13.6 Å². The predicted octanol–water partition coefficient (Wildman–Crippen LogP) is 1.71. The quantitative estimate of drug-likeness (QED) is 0.662. The minimum absolute atomic E-state index is 0.0164. The van der Waals surface area contributed by atoms with Crippen molar-refractivity contribution in [1.82, 2.24) is 14.8 Å². The summed E-state index contributed by atoms with van der Waals surface area (Å²) in [5, 5.41) is 19.8. The highest BCUT2D eigenvalue weighted by Crippen LogP contribution is 2.27. The van der Waals surface area contributed by atoms with Crippen molar-refractivity contribution in [3.05, 3.63) is 32.4 Å². The van der Waals surface area contributed by atoms with Crippen LogP contribution in [0.1, 0.15) is 11.4 Å². The van der Waals surface area contributed by atoms with E-state index >= 15 is 0 Å². The number of aryl methyl sites for hydroxylation is 2.